The molecule has 0 aliphatic heterocycles. The van der Waals surface area contributed by atoms with Gasteiger partial charge in [-0.1, -0.05) is 0 Å². The standard InChI is InChI=1S/C16H13N3O2/c17-10-12(11-1-7-15(20)8-2-11)9-16(21)19-14-5-3-13(18)4-6-14/h1-9,20H,18H2,(H,19,21)/b12-9-. The molecule has 0 saturated heterocycles. The lowest BCUT2D eigenvalue weighted by atomic mass is 10.1. The van der Waals surface area contributed by atoms with Gasteiger partial charge in [-0.05, 0) is 54.1 Å². The first-order valence-electron chi connectivity index (χ1n) is 6.16. The van der Waals surface area contributed by atoms with Crippen LogP contribution in [-0.2, 0) is 4.79 Å². The number of nitrogen functional groups attached to an aromatic ring is 1. The Hall–Kier alpha value is -3.26. The molecule has 4 N–H and O–H groups in total. The number of phenolic OH excluding ortho intramolecular Hbond substituents is 1. The predicted molar refractivity (Wildman–Crippen MR) is 81.2 cm³/mol. The molecule has 0 fully saturated rings. The number of benzene rings is 2. The number of amides is 1. The third-order valence-electron chi connectivity index (χ3n) is 2.75. The van der Waals surface area contributed by atoms with Crippen molar-refractivity contribution in [1.29, 1.82) is 5.26 Å². The Balaban J connectivity index is 2.16. The van der Waals surface area contributed by atoms with Gasteiger partial charge in [0.25, 0.3) is 0 Å². The highest BCUT2D eigenvalue weighted by Gasteiger charge is 2.05. The Morgan fingerprint density at radius 2 is 1.76 bits per heavy atom. The zero-order valence-electron chi connectivity index (χ0n) is 11.1. The number of phenols is 1. The first-order valence-corrected chi connectivity index (χ1v) is 6.16. The molecule has 2 rings (SSSR count). The van der Waals surface area contributed by atoms with Gasteiger partial charge in [0.2, 0.25) is 5.91 Å². The molecular formula is C16H13N3O2. The van der Waals surface area contributed by atoms with E-state index in [1.54, 1.807) is 36.4 Å². The largest absolute Gasteiger partial charge is 0.508 e. The SMILES string of the molecule is N#C/C(=C/C(=O)Nc1ccc(N)cc1)c1ccc(O)cc1. The van der Waals surface area contributed by atoms with Crippen LogP contribution in [0.5, 0.6) is 5.75 Å². The predicted octanol–water partition coefficient (Wildman–Crippen LogP) is 2.52. The number of allylic oxidation sites excluding steroid dienone is 1. The summed E-state index contributed by atoms with van der Waals surface area (Å²) in [6.07, 6.45) is 1.21. The van der Waals surface area contributed by atoms with Crippen LogP contribution in [0.3, 0.4) is 0 Å². The summed E-state index contributed by atoms with van der Waals surface area (Å²) in [5, 5.41) is 21.0. The van der Waals surface area contributed by atoms with E-state index in [-0.39, 0.29) is 11.3 Å². The number of hydrogen-bond acceptors (Lipinski definition) is 4. The molecule has 0 heterocycles. The maximum Gasteiger partial charge on any atom is 0.249 e. The zero-order chi connectivity index (χ0) is 15.2. The third-order valence-corrected chi connectivity index (χ3v) is 2.75. The van der Waals surface area contributed by atoms with E-state index >= 15 is 0 Å². The van der Waals surface area contributed by atoms with Crippen LogP contribution in [0.1, 0.15) is 5.56 Å². The summed E-state index contributed by atoms with van der Waals surface area (Å²) in [5.74, 6) is -0.313. The number of carbonyl (C=O) groups excluding carboxylic acids is 1. The molecule has 5 nitrogen and oxygen atoms in total. The van der Waals surface area contributed by atoms with Gasteiger partial charge in [0.1, 0.15) is 5.75 Å². The van der Waals surface area contributed by atoms with Gasteiger partial charge in [-0.25, -0.2) is 0 Å². The van der Waals surface area contributed by atoms with Crippen molar-refractivity contribution < 1.29 is 9.90 Å². The van der Waals surface area contributed by atoms with Crippen molar-refractivity contribution in [1.82, 2.24) is 0 Å². The van der Waals surface area contributed by atoms with E-state index in [0.29, 0.717) is 16.9 Å². The van der Waals surface area contributed by atoms with Crippen LogP contribution in [0.25, 0.3) is 5.57 Å². The first-order chi connectivity index (χ1) is 10.1. The topological polar surface area (TPSA) is 99.1 Å². The highest BCUT2D eigenvalue weighted by molar-refractivity contribution is 6.05. The number of nitrogens with one attached hydrogen (secondary N) is 1. The van der Waals surface area contributed by atoms with Gasteiger partial charge in [-0.3, -0.25) is 4.79 Å². The van der Waals surface area contributed by atoms with E-state index < -0.39 is 5.91 Å². The molecular weight excluding hydrogens is 266 g/mol. The molecule has 0 atom stereocenters. The average Bonchev–Trinajstić information content (AvgIpc) is 2.48. The van der Waals surface area contributed by atoms with Gasteiger partial charge < -0.3 is 16.2 Å². The van der Waals surface area contributed by atoms with E-state index in [1.807, 2.05) is 6.07 Å². The summed E-state index contributed by atoms with van der Waals surface area (Å²) in [6, 6.07) is 14.7. The molecule has 2 aromatic carbocycles. The zero-order valence-corrected chi connectivity index (χ0v) is 11.1. The van der Waals surface area contributed by atoms with Crippen molar-refractivity contribution in [3.05, 3.63) is 60.2 Å². The molecule has 0 aliphatic rings. The lowest BCUT2D eigenvalue weighted by molar-refractivity contribution is -0.111. The fourth-order valence-electron chi connectivity index (χ4n) is 1.70. The maximum atomic E-state index is 11.9. The van der Waals surface area contributed by atoms with Gasteiger partial charge in [-0.2, -0.15) is 5.26 Å². The van der Waals surface area contributed by atoms with Crippen molar-refractivity contribution in [3.63, 3.8) is 0 Å². The van der Waals surface area contributed by atoms with Crippen LogP contribution in [0.15, 0.2) is 54.6 Å². The number of anilines is 2. The monoisotopic (exact) mass is 279 g/mol. The summed E-state index contributed by atoms with van der Waals surface area (Å²) in [6.45, 7) is 0. The van der Waals surface area contributed by atoms with Gasteiger partial charge in [0.05, 0.1) is 11.6 Å². The molecule has 21 heavy (non-hydrogen) atoms. The number of aromatic hydroxyl groups is 1. The van der Waals surface area contributed by atoms with Gasteiger partial charge in [0.15, 0.2) is 0 Å². The van der Waals surface area contributed by atoms with E-state index in [4.69, 9.17) is 11.0 Å². The normalized spacial score (nSPS) is 10.7. The number of nitrogens with zero attached hydrogens (tertiary/aromatic N) is 1. The second-order valence-electron chi connectivity index (χ2n) is 4.33. The Morgan fingerprint density at radius 3 is 2.33 bits per heavy atom. The summed E-state index contributed by atoms with van der Waals surface area (Å²) < 4.78 is 0. The smallest absolute Gasteiger partial charge is 0.249 e. The Morgan fingerprint density at radius 1 is 1.14 bits per heavy atom. The van der Waals surface area contributed by atoms with Crippen molar-refractivity contribution in [2.45, 2.75) is 0 Å². The Kier molecular flexibility index (Phi) is 4.22. The van der Waals surface area contributed by atoms with Crippen LogP contribution < -0.4 is 11.1 Å². The van der Waals surface area contributed by atoms with E-state index in [1.165, 1.54) is 18.2 Å². The highest BCUT2D eigenvalue weighted by atomic mass is 16.3. The quantitative estimate of drug-likeness (QED) is 0.456. The van der Waals surface area contributed by atoms with Gasteiger partial charge in [-0.15, -0.1) is 0 Å². The molecule has 0 aromatic heterocycles. The van der Waals surface area contributed by atoms with Crippen molar-refractivity contribution in [2.75, 3.05) is 11.1 Å². The fourth-order valence-corrected chi connectivity index (χ4v) is 1.70. The third kappa shape index (κ3) is 3.85. The first kappa shape index (κ1) is 14.2. The number of rotatable bonds is 3. The van der Waals surface area contributed by atoms with Crippen molar-refractivity contribution >= 4 is 22.9 Å². The van der Waals surface area contributed by atoms with Crippen molar-refractivity contribution in [2.24, 2.45) is 0 Å². The van der Waals surface area contributed by atoms with Crippen molar-refractivity contribution in [3.8, 4) is 11.8 Å². The summed E-state index contributed by atoms with van der Waals surface area (Å²) in [7, 11) is 0. The molecule has 0 unspecified atom stereocenters. The molecule has 104 valence electrons. The Labute approximate surface area is 121 Å². The molecule has 0 saturated carbocycles. The lowest BCUT2D eigenvalue weighted by Gasteiger charge is -2.03. The van der Waals surface area contributed by atoms with E-state index in [9.17, 15) is 9.90 Å². The number of nitriles is 1. The van der Waals surface area contributed by atoms with Crippen LogP contribution in [0.4, 0.5) is 11.4 Å². The molecule has 0 spiro atoms. The minimum atomic E-state index is -0.413. The van der Waals surface area contributed by atoms with E-state index in [0.717, 1.165) is 0 Å². The van der Waals surface area contributed by atoms with Crippen LogP contribution in [0, 0.1) is 11.3 Å². The molecule has 1 amide bonds. The minimum absolute atomic E-state index is 0.0994. The average molecular weight is 279 g/mol. The molecule has 2 aromatic rings. The molecule has 0 aliphatic carbocycles. The summed E-state index contributed by atoms with van der Waals surface area (Å²) in [5.41, 5.74) is 7.52. The molecule has 0 bridgehead atoms. The summed E-state index contributed by atoms with van der Waals surface area (Å²) in [4.78, 5) is 11.9. The lowest BCUT2D eigenvalue weighted by Crippen LogP contribution is -2.08. The number of carbonyl (C=O) groups is 1. The highest BCUT2D eigenvalue weighted by Crippen LogP contribution is 2.18. The van der Waals surface area contributed by atoms with Crippen LogP contribution in [-0.4, -0.2) is 11.0 Å². The number of hydrogen-bond donors (Lipinski definition) is 3. The van der Waals surface area contributed by atoms with Crippen LogP contribution >= 0.6 is 0 Å². The van der Waals surface area contributed by atoms with E-state index in [2.05, 4.69) is 5.32 Å². The fraction of sp³-hybridized carbons (Fsp3) is 0. The molecule has 0 radical (unpaired) electrons. The van der Waals surface area contributed by atoms with Gasteiger partial charge >= 0.3 is 0 Å². The maximum absolute atomic E-state index is 11.9. The van der Waals surface area contributed by atoms with Gasteiger partial charge in [0, 0.05) is 17.5 Å². The second-order valence-corrected chi connectivity index (χ2v) is 4.33. The van der Waals surface area contributed by atoms with Crippen LogP contribution in [0.2, 0.25) is 0 Å². The number of nitrogens with two attached hydrogens (primary N) is 1. The Bertz CT molecular complexity index is 711. The summed E-state index contributed by atoms with van der Waals surface area (Å²) >= 11 is 0. The minimum Gasteiger partial charge on any atom is -0.508 e. The molecule has 5 heteroatoms. The second kappa shape index (κ2) is 6.26.